The molecular formula is C18H30FIN4O. The zero-order valence-corrected chi connectivity index (χ0v) is 17.7. The molecule has 7 heteroatoms. The minimum Gasteiger partial charge on any atom is -0.383 e. The number of methoxy groups -OCH3 is 1. The molecule has 0 saturated heterocycles. The Labute approximate surface area is 167 Å². The molecule has 0 bridgehead atoms. The molecule has 1 fully saturated rings. The van der Waals surface area contributed by atoms with Crippen LogP contribution in [0.5, 0.6) is 0 Å². The van der Waals surface area contributed by atoms with Gasteiger partial charge in [-0.3, -0.25) is 4.99 Å². The highest BCUT2D eigenvalue weighted by molar-refractivity contribution is 14.0. The second-order valence-corrected chi connectivity index (χ2v) is 6.44. The number of hydrogen-bond acceptors (Lipinski definition) is 3. The monoisotopic (exact) mass is 464 g/mol. The van der Waals surface area contributed by atoms with Crippen LogP contribution in [0.1, 0.15) is 18.4 Å². The first-order chi connectivity index (χ1) is 11.6. The van der Waals surface area contributed by atoms with Crippen LogP contribution in [0.4, 0.5) is 4.39 Å². The lowest BCUT2D eigenvalue weighted by molar-refractivity contribution is 0.162. The molecular weight excluding hydrogens is 434 g/mol. The molecule has 2 rings (SSSR count). The van der Waals surface area contributed by atoms with Gasteiger partial charge in [-0.2, -0.15) is 0 Å². The molecule has 1 saturated carbocycles. The van der Waals surface area contributed by atoms with Crippen LogP contribution in [0.25, 0.3) is 0 Å². The van der Waals surface area contributed by atoms with Crippen LogP contribution in [0, 0.1) is 5.82 Å². The maximum absolute atomic E-state index is 13.5. The molecule has 0 spiro atoms. The molecule has 0 aliphatic heterocycles. The Morgan fingerprint density at radius 1 is 1.32 bits per heavy atom. The average Bonchev–Trinajstić information content (AvgIpc) is 3.37. The van der Waals surface area contributed by atoms with E-state index < -0.39 is 0 Å². The number of guanidine groups is 1. The lowest BCUT2D eigenvalue weighted by Crippen LogP contribution is -2.43. The second-order valence-electron chi connectivity index (χ2n) is 6.44. The van der Waals surface area contributed by atoms with Gasteiger partial charge in [0.25, 0.3) is 0 Å². The molecule has 0 atom stereocenters. The number of nitrogens with zero attached hydrogens (tertiary/aromatic N) is 2. The summed E-state index contributed by atoms with van der Waals surface area (Å²) in [5, 5.41) is 6.70. The number of halogens is 2. The molecule has 0 amide bonds. The van der Waals surface area contributed by atoms with E-state index in [1.165, 1.54) is 6.07 Å². The van der Waals surface area contributed by atoms with Crippen LogP contribution in [0.3, 0.4) is 0 Å². The van der Waals surface area contributed by atoms with Crippen LogP contribution in [-0.2, 0) is 10.2 Å². The topological polar surface area (TPSA) is 48.9 Å². The zero-order chi connectivity index (χ0) is 17.4. The number of rotatable bonds is 9. The highest BCUT2D eigenvalue weighted by Crippen LogP contribution is 2.47. The summed E-state index contributed by atoms with van der Waals surface area (Å²) in [6.07, 6.45) is 2.17. The van der Waals surface area contributed by atoms with Gasteiger partial charge in [0.15, 0.2) is 5.96 Å². The van der Waals surface area contributed by atoms with Gasteiger partial charge in [-0.15, -0.1) is 24.0 Å². The largest absolute Gasteiger partial charge is 0.383 e. The average molecular weight is 464 g/mol. The van der Waals surface area contributed by atoms with Crippen LogP contribution < -0.4 is 10.6 Å². The molecule has 1 aromatic carbocycles. The third-order valence-electron chi connectivity index (χ3n) is 4.57. The van der Waals surface area contributed by atoms with Crippen molar-refractivity contribution < 1.29 is 9.13 Å². The van der Waals surface area contributed by atoms with Crippen molar-refractivity contribution in [3.63, 3.8) is 0 Å². The van der Waals surface area contributed by atoms with Crippen LogP contribution in [0.15, 0.2) is 29.3 Å². The molecule has 1 aliphatic carbocycles. The van der Waals surface area contributed by atoms with Crippen molar-refractivity contribution in [3.05, 3.63) is 35.6 Å². The summed E-state index contributed by atoms with van der Waals surface area (Å²) in [5.41, 5.74) is 1.12. The molecule has 25 heavy (non-hydrogen) atoms. The van der Waals surface area contributed by atoms with E-state index in [-0.39, 0.29) is 35.2 Å². The lowest BCUT2D eigenvalue weighted by Gasteiger charge is -2.20. The first-order valence-electron chi connectivity index (χ1n) is 8.48. The van der Waals surface area contributed by atoms with E-state index in [4.69, 9.17) is 4.74 Å². The normalized spacial score (nSPS) is 15.6. The number of ether oxygens (including phenoxy) is 1. The quantitative estimate of drug-likeness (QED) is 0.335. The van der Waals surface area contributed by atoms with Crippen molar-refractivity contribution in [1.82, 2.24) is 15.5 Å². The summed E-state index contributed by atoms with van der Waals surface area (Å²) in [7, 11) is 5.55. The summed E-state index contributed by atoms with van der Waals surface area (Å²) < 4.78 is 18.5. The van der Waals surface area contributed by atoms with Crippen molar-refractivity contribution in [2.45, 2.75) is 18.3 Å². The number of nitrogens with one attached hydrogen (secondary N) is 2. The van der Waals surface area contributed by atoms with E-state index in [9.17, 15) is 4.39 Å². The van der Waals surface area contributed by atoms with Gasteiger partial charge >= 0.3 is 0 Å². The Hall–Kier alpha value is -0.930. The predicted molar refractivity (Wildman–Crippen MR) is 111 cm³/mol. The second kappa shape index (κ2) is 10.9. The zero-order valence-electron chi connectivity index (χ0n) is 15.3. The van der Waals surface area contributed by atoms with Crippen molar-refractivity contribution in [1.29, 1.82) is 0 Å². The molecule has 2 N–H and O–H groups in total. The Kier molecular flexibility index (Phi) is 9.66. The Morgan fingerprint density at radius 3 is 2.68 bits per heavy atom. The van der Waals surface area contributed by atoms with Gasteiger partial charge in [0.2, 0.25) is 0 Å². The van der Waals surface area contributed by atoms with Crippen molar-refractivity contribution in [3.8, 4) is 0 Å². The summed E-state index contributed by atoms with van der Waals surface area (Å²) in [6.45, 7) is 4.15. The first-order valence-corrected chi connectivity index (χ1v) is 8.48. The minimum atomic E-state index is -0.166. The van der Waals surface area contributed by atoms with E-state index >= 15 is 0 Å². The fraction of sp³-hybridized carbons (Fsp3) is 0.611. The number of benzene rings is 1. The molecule has 0 heterocycles. The standard InChI is InChI=1S/C18H29FN4O.HI/c1-20-17(21-9-10-23(2)11-12-24-3)22-14-18(7-8-18)15-5-4-6-16(19)13-15;/h4-6,13H,7-12,14H2,1-3H3,(H2,20,21,22);1H. The van der Waals surface area contributed by atoms with Gasteiger partial charge in [-0.1, -0.05) is 12.1 Å². The van der Waals surface area contributed by atoms with E-state index in [2.05, 4.69) is 27.6 Å². The fourth-order valence-corrected chi connectivity index (χ4v) is 2.73. The predicted octanol–water partition coefficient (Wildman–Crippen LogP) is 2.22. The number of aliphatic imine (C=N–C) groups is 1. The highest BCUT2D eigenvalue weighted by atomic mass is 127. The highest BCUT2D eigenvalue weighted by Gasteiger charge is 2.44. The Bertz CT molecular complexity index is 552. The van der Waals surface area contributed by atoms with Crippen molar-refractivity contribution in [2.24, 2.45) is 4.99 Å². The molecule has 0 unspecified atom stereocenters. The first kappa shape index (κ1) is 22.1. The Morgan fingerprint density at radius 2 is 2.08 bits per heavy atom. The van der Waals surface area contributed by atoms with Crippen LogP contribution >= 0.6 is 24.0 Å². The van der Waals surface area contributed by atoms with Crippen LogP contribution in [-0.4, -0.2) is 64.9 Å². The molecule has 1 aromatic rings. The van der Waals surface area contributed by atoms with Crippen molar-refractivity contribution in [2.75, 3.05) is 54.0 Å². The molecule has 5 nitrogen and oxygen atoms in total. The molecule has 0 aromatic heterocycles. The fourth-order valence-electron chi connectivity index (χ4n) is 2.73. The van der Waals surface area contributed by atoms with Gasteiger partial charge in [0, 0.05) is 45.8 Å². The van der Waals surface area contributed by atoms with Gasteiger partial charge in [-0.25, -0.2) is 4.39 Å². The third-order valence-corrected chi connectivity index (χ3v) is 4.57. The van der Waals surface area contributed by atoms with Gasteiger partial charge in [0.1, 0.15) is 5.82 Å². The van der Waals surface area contributed by atoms with Gasteiger partial charge < -0.3 is 20.3 Å². The molecule has 0 radical (unpaired) electrons. The number of hydrogen-bond donors (Lipinski definition) is 2. The van der Waals surface area contributed by atoms with E-state index in [1.54, 1.807) is 26.3 Å². The van der Waals surface area contributed by atoms with Crippen LogP contribution in [0.2, 0.25) is 0 Å². The maximum Gasteiger partial charge on any atom is 0.191 e. The van der Waals surface area contributed by atoms with E-state index in [1.807, 2.05) is 6.07 Å². The molecule has 1 aliphatic rings. The summed E-state index contributed by atoms with van der Waals surface area (Å²) in [4.78, 5) is 6.47. The maximum atomic E-state index is 13.5. The smallest absolute Gasteiger partial charge is 0.191 e. The summed E-state index contributed by atoms with van der Waals surface area (Å²) in [6, 6.07) is 6.94. The van der Waals surface area contributed by atoms with Gasteiger partial charge in [-0.05, 0) is 37.6 Å². The van der Waals surface area contributed by atoms with Crippen molar-refractivity contribution >= 4 is 29.9 Å². The SMILES string of the molecule is CN=C(NCCN(C)CCOC)NCC1(c2cccc(F)c2)CC1.I. The minimum absolute atomic E-state index is 0. The van der Waals surface area contributed by atoms with Gasteiger partial charge in [0.05, 0.1) is 6.61 Å². The lowest BCUT2D eigenvalue weighted by atomic mass is 9.96. The van der Waals surface area contributed by atoms with E-state index in [0.29, 0.717) is 0 Å². The third kappa shape index (κ3) is 7.07. The number of likely N-dealkylation sites (N-methyl/N-ethyl adjacent to an activating group) is 1. The van der Waals surface area contributed by atoms with E-state index in [0.717, 1.165) is 57.2 Å². The summed E-state index contributed by atoms with van der Waals surface area (Å²) >= 11 is 0. The molecule has 142 valence electrons. The Balaban J connectivity index is 0.00000312. The summed E-state index contributed by atoms with van der Waals surface area (Å²) in [5.74, 6) is 0.623.